The van der Waals surface area contributed by atoms with Gasteiger partial charge in [-0.1, -0.05) is 0 Å². The van der Waals surface area contributed by atoms with E-state index in [0.29, 0.717) is 0 Å². The fourth-order valence-electron chi connectivity index (χ4n) is 0.801. The SMILES string of the molecule is COO[C@@H](C=O)[C@@H](O)[C@H](O)[C@H](O)CO. The van der Waals surface area contributed by atoms with Crippen molar-refractivity contribution >= 4 is 6.29 Å². The lowest BCUT2D eigenvalue weighted by molar-refractivity contribution is -0.315. The van der Waals surface area contributed by atoms with Crippen molar-refractivity contribution in [2.45, 2.75) is 24.4 Å². The normalized spacial score (nSPS) is 19.8. The molecule has 0 rings (SSSR count). The van der Waals surface area contributed by atoms with Crippen molar-refractivity contribution in [3.63, 3.8) is 0 Å². The van der Waals surface area contributed by atoms with Gasteiger partial charge >= 0.3 is 0 Å². The van der Waals surface area contributed by atoms with Gasteiger partial charge in [-0.2, -0.15) is 0 Å². The maximum absolute atomic E-state index is 10.3. The molecule has 0 aromatic rings. The van der Waals surface area contributed by atoms with E-state index in [1.165, 1.54) is 0 Å². The van der Waals surface area contributed by atoms with Crippen LogP contribution in [0.1, 0.15) is 0 Å². The first kappa shape index (κ1) is 13.4. The minimum Gasteiger partial charge on any atom is -0.394 e. The molecule has 0 fully saturated rings. The van der Waals surface area contributed by atoms with E-state index in [9.17, 15) is 9.90 Å². The lowest BCUT2D eigenvalue weighted by Crippen LogP contribution is -2.47. The van der Waals surface area contributed by atoms with Gasteiger partial charge in [0.25, 0.3) is 0 Å². The van der Waals surface area contributed by atoms with Gasteiger partial charge in [0.15, 0.2) is 12.4 Å². The zero-order chi connectivity index (χ0) is 11.1. The van der Waals surface area contributed by atoms with Gasteiger partial charge in [-0.05, 0) is 0 Å². The standard InChI is InChI=1S/C7H14O7/c1-13-14-5(3-9)7(12)6(11)4(10)2-8/h3-8,10-12H,2H2,1H3/t4-,5+,6-,7-/m1/s1. The second-order valence-electron chi connectivity index (χ2n) is 2.59. The van der Waals surface area contributed by atoms with Crippen molar-refractivity contribution in [1.29, 1.82) is 0 Å². The first-order valence-corrected chi connectivity index (χ1v) is 3.88. The number of carbonyl (C=O) groups excluding carboxylic acids is 1. The number of aliphatic hydroxyl groups is 4. The Bertz CT molecular complexity index is 162. The van der Waals surface area contributed by atoms with Crippen LogP contribution in [-0.4, -0.2) is 64.8 Å². The van der Waals surface area contributed by atoms with Crippen LogP contribution in [0.15, 0.2) is 0 Å². The van der Waals surface area contributed by atoms with E-state index in [4.69, 9.17) is 15.3 Å². The van der Waals surface area contributed by atoms with Crippen molar-refractivity contribution in [3.8, 4) is 0 Å². The molecule has 0 radical (unpaired) electrons. The molecule has 14 heavy (non-hydrogen) atoms. The van der Waals surface area contributed by atoms with Gasteiger partial charge in [0.2, 0.25) is 0 Å². The summed E-state index contributed by atoms with van der Waals surface area (Å²) in [5, 5.41) is 35.8. The summed E-state index contributed by atoms with van der Waals surface area (Å²) in [5.74, 6) is 0. The average molecular weight is 210 g/mol. The Hall–Kier alpha value is -0.570. The minimum absolute atomic E-state index is 0.210. The molecule has 7 nitrogen and oxygen atoms in total. The van der Waals surface area contributed by atoms with E-state index in [0.717, 1.165) is 7.11 Å². The molecule has 0 aliphatic rings. The van der Waals surface area contributed by atoms with Crippen LogP contribution in [0.25, 0.3) is 0 Å². The number of hydrogen-bond donors (Lipinski definition) is 4. The summed E-state index contributed by atoms with van der Waals surface area (Å²) in [6.45, 7) is -0.739. The highest BCUT2D eigenvalue weighted by atomic mass is 17.2. The van der Waals surface area contributed by atoms with E-state index in [-0.39, 0.29) is 6.29 Å². The fraction of sp³-hybridized carbons (Fsp3) is 0.857. The molecule has 0 amide bonds. The van der Waals surface area contributed by atoms with E-state index >= 15 is 0 Å². The lowest BCUT2D eigenvalue weighted by atomic mass is 10.0. The molecular formula is C7H14O7. The zero-order valence-electron chi connectivity index (χ0n) is 7.61. The number of rotatable bonds is 7. The van der Waals surface area contributed by atoms with Crippen LogP contribution >= 0.6 is 0 Å². The van der Waals surface area contributed by atoms with E-state index < -0.39 is 31.0 Å². The molecule has 0 aromatic carbocycles. The number of carbonyl (C=O) groups is 1. The van der Waals surface area contributed by atoms with E-state index in [1.54, 1.807) is 0 Å². The molecule has 0 bridgehead atoms. The highest BCUT2D eigenvalue weighted by Crippen LogP contribution is 2.06. The molecule has 4 N–H and O–H groups in total. The molecule has 7 heteroatoms. The maximum Gasteiger partial charge on any atom is 0.176 e. The predicted molar refractivity (Wildman–Crippen MR) is 43.1 cm³/mol. The smallest absolute Gasteiger partial charge is 0.176 e. The highest BCUT2D eigenvalue weighted by Gasteiger charge is 2.32. The molecule has 0 heterocycles. The van der Waals surface area contributed by atoms with Crippen LogP contribution in [0.3, 0.4) is 0 Å². The van der Waals surface area contributed by atoms with Crippen LogP contribution in [0.5, 0.6) is 0 Å². The lowest BCUT2D eigenvalue weighted by Gasteiger charge is -2.24. The van der Waals surface area contributed by atoms with Gasteiger partial charge in [0.05, 0.1) is 13.7 Å². The first-order valence-electron chi connectivity index (χ1n) is 3.88. The molecular weight excluding hydrogens is 196 g/mol. The second-order valence-corrected chi connectivity index (χ2v) is 2.59. The van der Waals surface area contributed by atoms with E-state index in [2.05, 4.69) is 9.78 Å². The molecule has 84 valence electrons. The van der Waals surface area contributed by atoms with E-state index in [1.807, 2.05) is 0 Å². The Morgan fingerprint density at radius 3 is 2.21 bits per heavy atom. The molecule has 0 saturated heterocycles. The summed E-state index contributed by atoms with van der Waals surface area (Å²) in [6, 6.07) is 0. The summed E-state index contributed by atoms with van der Waals surface area (Å²) in [5.41, 5.74) is 0. The van der Waals surface area contributed by atoms with Crippen molar-refractivity contribution in [2.75, 3.05) is 13.7 Å². The summed E-state index contributed by atoms with van der Waals surface area (Å²) in [7, 11) is 1.12. The van der Waals surface area contributed by atoms with Gasteiger partial charge in [0.1, 0.15) is 18.3 Å². The molecule has 4 atom stereocenters. The molecule has 0 aromatic heterocycles. The average Bonchev–Trinajstić information content (AvgIpc) is 2.22. The Labute approximate surface area is 80.4 Å². The molecule has 0 saturated carbocycles. The summed E-state index contributed by atoms with van der Waals surface area (Å²) in [4.78, 5) is 18.8. The van der Waals surface area contributed by atoms with Gasteiger partial charge in [-0.15, -0.1) is 0 Å². The molecule has 0 aliphatic heterocycles. The molecule has 0 aliphatic carbocycles. The topological polar surface area (TPSA) is 116 Å². The quantitative estimate of drug-likeness (QED) is 0.204. The Morgan fingerprint density at radius 1 is 1.29 bits per heavy atom. The summed E-state index contributed by atoms with van der Waals surface area (Å²) < 4.78 is 0. The maximum atomic E-state index is 10.3. The second kappa shape index (κ2) is 6.82. The van der Waals surface area contributed by atoms with Crippen LogP contribution < -0.4 is 0 Å². The minimum atomic E-state index is -1.69. The largest absolute Gasteiger partial charge is 0.394 e. The third-order valence-electron chi connectivity index (χ3n) is 1.61. The van der Waals surface area contributed by atoms with Gasteiger partial charge < -0.3 is 25.2 Å². The summed E-state index contributed by atoms with van der Waals surface area (Å²) >= 11 is 0. The van der Waals surface area contributed by atoms with Crippen molar-refractivity contribution in [1.82, 2.24) is 0 Å². The van der Waals surface area contributed by atoms with Crippen molar-refractivity contribution in [2.24, 2.45) is 0 Å². The van der Waals surface area contributed by atoms with Crippen LogP contribution in [0.2, 0.25) is 0 Å². The van der Waals surface area contributed by atoms with Crippen LogP contribution in [0, 0.1) is 0 Å². The zero-order valence-corrected chi connectivity index (χ0v) is 7.61. The Kier molecular flexibility index (Phi) is 6.54. The van der Waals surface area contributed by atoms with Crippen molar-refractivity contribution < 1.29 is 35.0 Å². The Balaban J connectivity index is 4.25. The highest BCUT2D eigenvalue weighted by molar-refractivity contribution is 5.57. The van der Waals surface area contributed by atoms with Crippen LogP contribution in [0.4, 0.5) is 0 Å². The predicted octanol–water partition coefficient (Wildman–Crippen LogP) is -2.79. The summed E-state index contributed by atoms with van der Waals surface area (Å²) in [6.07, 6.45) is -6.12. The van der Waals surface area contributed by atoms with Gasteiger partial charge in [0, 0.05) is 0 Å². The third kappa shape index (κ3) is 3.66. The number of aliphatic hydroxyl groups excluding tert-OH is 4. The molecule has 0 unspecified atom stereocenters. The van der Waals surface area contributed by atoms with Crippen LogP contribution in [-0.2, 0) is 14.6 Å². The third-order valence-corrected chi connectivity index (χ3v) is 1.61. The Morgan fingerprint density at radius 2 is 1.86 bits per heavy atom. The van der Waals surface area contributed by atoms with Crippen molar-refractivity contribution in [3.05, 3.63) is 0 Å². The monoisotopic (exact) mass is 210 g/mol. The number of hydrogen-bond acceptors (Lipinski definition) is 7. The van der Waals surface area contributed by atoms with Gasteiger partial charge in [-0.3, -0.25) is 0 Å². The molecule has 0 spiro atoms. The van der Waals surface area contributed by atoms with Gasteiger partial charge in [-0.25, -0.2) is 9.78 Å². The first-order chi connectivity index (χ1) is 6.58. The number of aldehydes is 1. The fourth-order valence-corrected chi connectivity index (χ4v) is 0.801.